The Hall–Kier alpha value is -0.370. The molecule has 0 bridgehead atoms. The van der Waals surface area contributed by atoms with Crippen LogP contribution in [-0.2, 0) is 9.53 Å². The van der Waals surface area contributed by atoms with Crippen molar-refractivity contribution in [3.05, 3.63) is 0 Å². The normalized spacial score (nSPS) is 28.5. The van der Waals surface area contributed by atoms with Crippen LogP contribution in [0.25, 0.3) is 0 Å². The Labute approximate surface area is 67.9 Å². The summed E-state index contributed by atoms with van der Waals surface area (Å²) in [5.41, 5.74) is 0. The van der Waals surface area contributed by atoms with Crippen molar-refractivity contribution in [2.45, 2.75) is 38.7 Å². The second-order valence-electron chi connectivity index (χ2n) is 3.26. The van der Waals surface area contributed by atoms with Crippen LogP contribution in [-0.4, -0.2) is 19.0 Å². The Balaban J connectivity index is 2.47. The van der Waals surface area contributed by atoms with E-state index in [-0.39, 0.29) is 12.0 Å². The van der Waals surface area contributed by atoms with Gasteiger partial charge in [-0.1, -0.05) is 6.42 Å². The van der Waals surface area contributed by atoms with Crippen molar-refractivity contribution in [2.75, 3.05) is 7.11 Å². The molecule has 0 radical (unpaired) electrons. The Kier molecular flexibility index (Phi) is 3.06. The lowest BCUT2D eigenvalue weighted by molar-refractivity contribution is -0.128. The van der Waals surface area contributed by atoms with E-state index in [1.54, 1.807) is 7.11 Å². The first-order valence-corrected chi connectivity index (χ1v) is 4.31. The molecule has 0 saturated heterocycles. The molecule has 1 aliphatic rings. The Morgan fingerprint density at radius 2 is 2.27 bits per heavy atom. The molecule has 1 saturated carbocycles. The van der Waals surface area contributed by atoms with Crippen molar-refractivity contribution in [1.82, 2.24) is 0 Å². The molecular formula is C9H16O2. The molecule has 2 unspecified atom stereocenters. The quantitative estimate of drug-likeness (QED) is 0.609. The highest BCUT2D eigenvalue weighted by atomic mass is 16.5. The van der Waals surface area contributed by atoms with E-state index in [4.69, 9.17) is 4.74 Å². The molecule has 0 spiro atoms. The van der Waals surface area contributed by atoms with Crippen LogP contribution in [0.3, 0.4) is 0 Å². The molecular weight excluding hydrogens is 140 g/mol. The largest absolute Gasteiger partial charge is 0.381 e. The Morgan fingerprint density at radius 3 is 2.82 bits per heavy atom. The third-order valence-corrected chi connectivity index (χ3v) is 2.54. The lowest BCUT2D eigenvalue weighted by Crippen LogP contribution is -2.30. The number of rotatable bonds is 2. The van der Waals surface area contributed by atoms with Gasteiger partial charge in [-0.3, -0.25) is 4.79 Å². The lowest BCUT2D eigenvalue weighted by Gasteiger charge is -2.24. The fourth-order valence-electron chi connectivity index (χ4n) is 1.67. The number of ketones is 1. The van der Waals surface area contributed by atoms with Gasteiger partial charge in [0, 0.05) is 19.4 Å². The number of ether oxygens (including phenoxy) is 1. The SMILES string of the molecule is COC(C)C1CCCCC1=O. The van der Waals surface area contributed by atoms with Crippen molar-refractivity contribution >= 4 is 5.78 Å². The van der Waals surface area contributed by atoms with Gasteiger partial charge in [0.05, 0.1) is 6.10 Å². The predicted octanol–water partition coefficient (Wildman–Crippen LogP) is 1.78. The standard InChI is InChI=1S/C9H16O2/c1-7(11-2)8-5-3-4-6-9(8)10/h7-8H,3-6H2,1-2H3. The molecule has 0 aliphatic heterocycles. The van der Waals surface area contributed by atoms with Gasteiger partial charge in [-0.25, -0.2) is 0 Å². The summed E-state index contributed by atoms with van der Waals surface area (Å²) in [7, 11) is 1.67. The van der Waals surface area contributed by atoms with E-state index < -0.39 is 0 Å². The fraction of sp³-hybridized carbons (Fsp3) is 0.889. The summed E-state index contributed by atoms with van der Waals surface area (Å²) in [5.74, 6) is 0.569. The van der Waals surface area contributed by atoms with Crippen molar-refractivity contribution in [3.63, 3.8) is 0 Å². The number of hydrogen-bond donors (Lipinski definition) is 0. The molecule has 1 aliphatic carbocycles. The van der Waals surface area contributed by atoms with Crippen LogP contribution in [0, 0.1) is 5.92 Å². The summed E-state index contributed by atoms with van der Waals surface area (Å²) in [6, 6.07) is 0. The second kappa shape index (κ2) is 3.86. The van der Waals surface area contributed by atoms with Gasteiger partial charge in [0.1, 0.15) is 5.78 Å². The van der Waals surface area contributed by atoms with E-state index in [2.05, 4.69) is 0 Å². The monoisotopic (exact) mass is 156 g/mol. The number of hydrogen-bond acceptors (Lipinski definition) is 2. The van der Waals surface area contributed by atoms with Crippen LogP contribution in [0.15, 0.2) is 0 Å². The first-order valence-electron chi connectivity index (χ1n) is 4.31. The van der Waals surface area contributed by atoms with Gasteiger partial charge in [-0.15, -0.1) is 0 Å². The number of carbonyl (C=O) groups excluding carboxylic acids is 1. The zero-order chi connectivity index (χ0) is 8.27. The van der Waals surface area contributed by atoms with Gasteiger partial charge < -0.3 is 4.74 Å². The molecule has 64 valence electrons. The van der Waals surface area contributed by atoms with Gasteiger partial charge in [-0.2, -0.15) is 0 Å². The van der Waals surface area contributed by atoms with Crippen molar-refractivity contribution < 1.29 is 9.53 Å². The topological polar surface area (TPSA) is 26.3 Å². The molecule has 0 aromatic rings. The highest BCUT2D eigenvalue weighted by Gasteiger charge is 2.26. The van der Waals surface area contributed by atoms with Crippen LogP contribution in [0.1, 0.15) is 32.6 Å². The first-order chi connectivity index (χ1) is 5.25. The molecule has 1 rings (SSSR count). The van der Waals surface area contributed by atoms with Gasteiger partial charge in [-0.05, 0) is 19.8 Å². The van der Waals surface area contributed by atoms with Crippen LogP contribution in [0.4, 0.5) is 0 Å². The van der Waals surface area contributed by atoms with E-state index in [0.717, 1.165) is 19.3 Å². The van der Waals surface area contributed by atoms with E-state index in [9.17, 15) is 4.79 Å². The molecule has 0 aromatic heterocycles. The summed E-state index contributed by atoms with van der Waals surface area (Å²) in [6.07, 6.45) is 4.16. The molecule has 0 aromatic carbocycles. The Bertz CT molecular complexity index is 142. The van der Waals surface area contributed by atoms with Gasteiger partial charge >= 0.3 is 0 Å². The summed E-state index contributed by atoms with van der Waals surface area (Å²) >= 11 is 0. The maximum absolute atomic E-state index is 11.3. The summed E-state index contributed by atoms with van der Waals surface area (Å²) in [5, 5.41) is 0. The van der Waals surface area contributed by atoms with Crippen molar-refractivity contribution in [2.24, 2.45) is 5.92 Å². The minimum Gasteiger partial charge on any atom is -0.381 e. The number of methoxy groups -OCH3 is 1. The van der Waals surface area contributed by atoms with Gasteiger partial charge in [0.2, 0.25) is 0 Å². The molecule has 1 fully saturated rings. The van der Waals surface area contributed by atoms with E-state index in [0.29, 0.717) is 5.78 Å². The maximum atomic E-state index is 11.3. The number of Topliss-reactive ketones (excluding diaryl/α,β-unsaturated/α-hetero) is 1. The molecule has 2 nitrogen and oxygen atoms in total. The molecule has 11 heavy (non-hydrogen) atoms. The number of carbonyl (C=O) groups is 1. The van der Waals surface area contributed by atoms with Gasteiger partial charge in [0.15, 0.2) is 0 Å². The van der Waals surface area contributed by atoms with Crippen LogP contribution >= 0.6 is 0 Å². The summed E-state index contributed by atoms with van der Waals surface area (Å²) in [4.78, 5) is 11.3. The smallest absolute Gasteiger partial charge is 0.138 e. The first kappa shape index (κ1) is 8.72. The van der Waals surface area contributed by atoms with E-state index >= 15 is 0 Å². The predicted molar refractivity (Wildman–Crippen MR) is 43.4 cm³/mol. The molecule has 0 N–H and O–H groups in total. The minimum atomic E-state index is 0.114. The lowest BCUT2D eigenvalue weighted by atomic mass is 9.85. The second-order valence-corrected chi connectivity index (χ2v) is 3.26. The van der Waals surface area contributed by atoms with Gasteiger partial charge in [0.25, 0.3) is 0 Å². The highest BCUT2D eigenvalue weighted by Crippen LogP contribution is 2.24. The van der Waals surface area contributed by atoms with Crippen LogP contribution in [0.2, 0.25) is 0 Å². The molecule has 0 heterocycles. The summed E-state index contributed by atoms with van der Waals surface area (Å²) < 4.78 is 5.14. The third kappa shape index (κ3) is 2.03. The van der Waals surface area contributed by atoms with Crippen molar-refractivity contribution in [1.29, 1.82) is 0 Å². The highest BCUT2D eigenvalue weighted by molar-refractivity contribution is 5.82. The minimum absolute atomic E-state index is 0.114. The van der Waals surface area contributed by atoms with Crippen LogP contribution < -0.4 is 0 Å². The summed E-state index contributed by atoms with van der Waals surface area (Å²) in [6.45, 7) is 1.98. The maximum Gasteiger partial charge on any atom is 0.138 e. The average Bonchev–Trinajstić information content (AvgIpc) is 2.04. The van der Waals surface area contributed by atoms with E-state index in [1.165, 1.54) is 6.42 Å². The third-order valence-electron chi connectivity index (χ3n) is 2.54. The fourth-order valence-corrected chi connectivity index (χ4v) is 1.67. The zero-order valence-electron chi connectivity index (χ0n) is 7.30. The van der Waals surface area contributed by atoms with E-state index in [1.807, 2.05) is 6.92 Å². The molecule has 2 atom stereocenters. The Morgan fingerprint density at radius 1 is 1.55 bits per heavy atom. The average molecular weight is 156 g/mol. The molecule has 0 amide bonds. The van der Waals surface area contributed by atoms with Crippen molar-refractivity contribution in [3.8, 4) is 0 Å². The zero-order valence-corrected chi connectivity index (χ0v) is 7.30. The molecule has 2 heteroatoms. The van der Waals surface area contributed by atoms with Crippen LogP contribution in [0.5, 0.6) is 0 Å².